The van der Waals surface area contributed by atoms with Crippen molar-refractivity contribution >= 4 is 11.7 Å². The molecule has 4 aromatic rings. The monoisotopic (exact) mass is 388 g/mol. The molecule has 0 aliphatic rings. The molecule has 2 aromatic carbocycles. The van der Waals surface area contributed by atoms with E-state index in [-0.39, 0.29) is 22.8 Å². The smallest absolute Gasteiger partial charge is 0.254 e. The first-order valence-corrected chi connectivity index (χ1v) is 9.02. The number of nitrogens with two attached hydrogens (primary N) is 2. The van der Waals surface area contributed by atoms with Gasteiger partial charge in [-0.25, -0.2) is 4.68 Å². The third-order valence-electron chi connectivity index (χ3n) is 4.88. The molecule has 0 radical (unpaired) electrons. The number of nitrogens with zero attached hydrogens (tertiary/aromatic N) is 2. The molecule has 0 bridgehead atoms. The van der Waals surface area contributed by atoms with Gasteiger partial charge in [0.1, 0.15) is 28.6 Å². The minimum Gasteiger partial charge on any atom is -0.508 e. The van der Waals surface area contributed by atoms with Gasteiger partial charge in [-0.3, -0.25) is 4.79 Å². The van der Waals surface area contributed by atoms with Crippen molar-refractivity contribution in [1.29, 1.82) is 0 Å². The van der Waals surface area contributed by atoms with Crippen LogP contribution in [0, 0.1) is 13.8 Å². The van der Waals surface area contributed by atoms with Gasteiger partial charge in [-0.05, 0) is 37.6 Å². The molecule has 1 amide bonds. The van der Waals surface area contributed by atoms with E-state index in [1.165, 1.54) is 4.68 Å². The molecule has 146 valence electrons. The predicted molar refractivity (Wildman–Crippen MR) is 111 cm³/mol. The van der Waals surface area contributed by atoms with Gasteiger partial charge >= 0.3 is 0 Å². The van der Waals surface area contributed by atoms with Crippen LogP contribution in [0.1, 0.15) is 21.5 Å². The van der Waals surface area contributed by atoms with E-state index in [1.54, 1.807) is 31.2 Å². The molecule has 0 saturated carbocycles. The fourth-order valence-corrected chi connectivity index (χ4v) is 3.39. The number of benzene rings is 2. The molecule has 29 heavy (non-hydrogen) atoms. The van der Waals surface area contributed by atoms with Crippen molar-refractivity contribution in [2.45, 2.75) is 13.8 Å². The van der Waals surface area contributed by atoms with E-state index >= 15 is 0 Å². The highest BCUT2D eigenvalue weighted by Gasteiger charge is 2.26. The predicted octanol–water partition coefficient (Wildman–Crippen LogP) is 3.80. The third kappa shape index (κ3) is 3.02. The fraction of sp³-hybridized carbons (Fsp3) is 0.0909. The Hall–Kier alpha value is -4.00. The van der Waals surface area contributed by atoms with Crippen LogP contribution in [0.2, 0.25) is 0 Å². The van der Waals surface area contributed by atoms with Crippen molar-refractivity contribution in [3.8, 4) is 34.2 Å². The number of nitrogen functional groups attached to an aromatic ring is 1. The quantitative estimate of drug-likeness (QED) is 0.491. The minimum absolute atomic E-state index is 0.0705. The summed E-state index contributed by atoms with van der Waals surface area (Å²) < 4.78 is 7.37. The Morgan fingerprint density at radius 1 is 1.03 bits per heavy atom. The maximum absolute atomic E-state index is 12.2. The largest absolute Gasteiger partial charge is 0.508 e. The molecule has 2 aromatic heterocycles. The first-order valence-electron chi connectivity index (χ1n) is 9.02. The van der Waals surface area contributed by atoms with Crippen LogP contribution in [0.5, 0.6) is 5.75 Å². The number of amides is 1. The van der Waals surface area contributed by atoms with Gasteiger partial charge in [-0.15, -0.1) is 0 Å². The minimum atomic E-state index is -0.711. The highest BCUT2D eigenvalue weighted by molar-refractivity contribution is 6.03. The number of hydrogen-bond acceptors (Lipinski definition) is 5. The molecular weight excluding hydrogens is 368 g/mol. The summed E-state index contributed by atoms with van der Waals surface area (Å²) in [4.78, 5) is 12.2. The maximum Gasteiger partial charge on any atom is 0.254 e. The number of carbonyl (C=O) groups excluding carboxylic acids is 1. The van der Waals surface area contributed by atoms with Crippen LogP contribution >= 0.6 is 0 Å². The Kier molecular flexibility index (Phi) is 4.35. The summed E-state index contributed by atoms with van der Waals surface area (Å²) in [5, 5.41) is 14.6. The molecule has 5 N–H and O–H groups in total. The molecule has 0 atom stereocenters. The van der Waals surface area contributed by atoms with Crippen LogP contribution in [0.25, 0.3) is 28.5 Å². The summed E-state index contributed by atoms with van der Waals surface area (Å²) in [6.45, 7) is 3.62. The average Bonchev–Trinajstić information content (AvgIpc) is 3.31. The molecule has 0 unspecified atom stereocenters. The average molecular weight is 388 g/mol. The third-order valence-corrected chi connectivity index (χ3v) is 4.88. The number of aromatic hydroxyl groups is 1. The van der Waals surface area contributed by atoms with Gasteiger partial charge < -0.3 is 21.0 Å². The van der Waals surface area contributed by atoms with Crippen LogP contribution in [0.4, 0.5) is 5.82 Å². The zero-order chi connectivity index (χ0) is 20.7. The van der Waals surface area contributed by atoms with E-state index in [1.807, 2.05) is 37.3 Å². The van der Waals surface area contributed by atoms with Crippen molar-refractivity contribution in [2.75, 3.05) is 5.73 Å². The Bertz CT molecular complexity index is 1220. The maximum atomic E-state index is 12.2. The van der Waals surface area contributed by atoms with Gasteiger partial charge in [0, 0.05) is 11.1 Å². The highest BCUT2D eigenvalue weighted by atomic mass is 16.3. The lowest BCUT2D eigenvalue weighted by molar-refractivity contribution is 0.100. The summed E-state index contributed by atoms with van der Waals surface area (Å²) in [6, 6.07) is 16.5. The lowest BCUT2D eigenvalue weighted by atomic mass is 10.1. The standard InChI is InChI=1S/C22H20N4O3/c1-12-8-9-15(27)13(2)20(12)26-21(23)18(22(24)28)19(25-26)17-11-10-16(29-17)14-6-4-3-5-7-14/h3-11,27H,23H2,1-2H3,(H2,24,28). The molecule has 0 saturated heterocycles. The zero-order valence-electron chi connectivity index (χ0n) is 16.0. The van der Waals surface area contributed by atoms with E-state index in [9.17, 15) is 9.90 Å². The second kappa shape index (κ2) is 6.87. The Morgan fingerprint density at radius 3 is 2.41 bits per heavy atom. The number of carbonyl (C=O) groups is 1. The van der Waals surface area contributed by atoms with Gasteiger partial charge in [-0.2, -0.15) is 5.10 Å². The number of phenolic OH excluding ortho intramolecular Hbond substituents is 1. The second-order valence-corrected chi connectivity index (χ2v) is 6.79. The Morgan fingerprint density at radius 2 is 1.72 bits per heavy atom. The van der Waals surface area contributed by atoms with E-state index in [2.05, 4.69) is 5.10 Å². The normalized spacial score (nSPS) is 11.0. The molecule has 7 heteroatoms. The van der Waals surface area contributed by atoms with Gasteiger partial charge in [0.15, 0.2) is 5.76 Å². The lowest BCUT2D eigenvalue weighted by Crippen LogP contribution is -2.14. The summed E-state index contributed by atoms with van der Waals surface area (Å²) in [5.74, 6) is 0.485. The molecule has 4 rings (SSSR count). The van der Waals surface area contributed by atoms with E-state index < -0.39 is 5.91 Å². The Labute approximate surface area is 167 Å². The molecular formula is C22H20N4O3. The number of anilines is 1. The van der Waals surface area contributed by atoms with Crippen LogP contribution < -0.4 is 11.5 Å². The van der Waals surface area contributed by atoms with Gasteiger partial charge in [0.25, 0.3) is 5.91 Å². The van der Waals surface area contributed by atoms with Crippen molar-refractivity contribution < 1.29 is 14.3 Å². The van der Waals surface area contributed by atoms with Crippen LogP contribution in [-0.4, -0.2) is 20.8 Å². The van der Waals surface area contributed by atoms with Crippen LogP contribution in [0.15, 0.2) is 59.0 Å². The number of primary amides is 1. The van der Waals surface area contributed by atoms with E-state index in [0.717, 1.165) is 11.1 Å². The van der Waals surface area contributed by atoms with Crippen molar-refractivity contribution in [3.63, 3.8) is 0 Å². The SMILES string of the molecule is Cc1ccc(O)c(C)c1-n1nc(-c2ccc(-c3ccccc3)o2)c(C(N)=O)c1N. The molecule has 0 spiro atoms. The second-order valence-electron chi connectivity index (χ2n) is 6.79. The van der Waals surface area contributed by atoms with Gasteiger partial charge in [-0.1, -0.05) is 36.4 Å². The molecule has 0 aliphatic heterocycles. The molecule has 0 aliphatic carbocycles. The van der Waals surface area contributed by atoms with Gasteiger partial charge in [0.2, 0.25) is 0 Å². The van der Waals surface area contributed by atoms with Crippen molar-refractivity contribution in [1.82, 2.24) is 9.78 Å². The summed E-state index contributed by atoms with van der Waals surface area (Å²) in [5.41, 5.74) is 15.1. The summed E-state index contributed by atoms with van der Waals surface area (Å²) in [7, 11) is 0. The van der Waals surface area contributed by atoms with Crippen molar-refractivity contribution in [2.24, 2.45) is 5.73 Å². The summed E-state index contributed by atoms with van der Waals surface area (Å²) in [6.07, 6.45) is 0. The first-order chi connectivity index (χ1) is 13.9. The van der Waals surface area contributed by atoms with E-state index in [4.69, 9.17) is 15.9 Å². The number of aryl methyl sites for hydroxylation is 1. The zero-order valence-corrected chi connectivity index (χ0v) is 16.0. The number of phenols is 1. The number of hydrogen-bond donors (Lipinski definition) is 3. The van der Waals surface area contributed by atoms with E-state index in [0.29, 0.717) is 22.8 Å². The Balaban J connectivity index is 1.91. The lowest BCUT2D eigenvalue weighted by Gasteiger charge is -2.12. The van der Waals surface area contributed by atoms with Crippen LogP contribution in [0.3, 0.4) is 0 Å². The summed E-state index contributed by atoms with van der Waals surface area (Å²) >= 11 is 0. The first kappa shape index (κ1) is 18.4. The van der Waals surface area contributed by atoms with Gasteiger partial charge in [0.05, 0.1) is 5.69 Å². The van der Waals surface area contributed by atoms with Crippen molar-refractivity contribution in [3.05, 3.63) is 71.3 Å². The number of aromatic nitrogens is 2. The molecule has 2 heterocycles. The molecule has 7 nitrogen and oxygen atoms in total. The number of furan rings is 1. The molecule has 0 fully saturated rings. The fourth-order valence-electron chi connectivity index (χ4n) is 3.39. The highest BCUT2D eigenvalue weighted by Crippen LogP contribution is 2.35. The number of rotatable bonds is 4. The topological polar surface area (TPSA) is 120 Å². The van der Waals surface area contributed by atoms with Crippen LogP contribution in [-0.2, 0) is 0 Å².